The first-order valence-corrected chi connectivity index (χ1v) is 7.68. The van der Waals surface area contributed by atoms with Gasteiger partial charge in [-0.25, -0.2) is 9.97 Å². The molecule has 2 heterocycles. The largest absolute Gasteiger partial charge is 0.359 e. The number of pyridine rings is 1. The number of rotatable bonds is 2. The summed E-state index contributed by atoms with van der Waals surface area (Å²) in [5, 5.41) is 3.66. The van der Waals surface area contributed by atoms with Gasteiger partial charge in [0.05, 0.1) is 11.3 Å². The van der Waals surface area contributed by atoms with Gasteiger partial charge in [0.2, 0.25) is 5.91 Å². The molecule has 1 aliphatic rings. The topological polar surface area (TPSA) is 59.8 Å². The van der Waals surface area contributed by atoms with Gasteiger partial charge >= 0.3 is 0 Å². The fraction of sp³-hybridized carbons (Fsp3) is 0.500. The van der Waals surface area contributed by atoms with Crippen LogP contribution in [0.15, 0.2) is 6.33 Å². The third kappa shape index (κ3) is 2.38. The first-order chi connectivity index (χ1) is 10.0. The highest BCUT2D eigenvalue weighted by Crippen LogP contribution is 2.38. The van der Waals surface area contributed by atoms with Crippen molar-refractivity contribution in [3.63, 3.8) is 0 Å². The molecule has 112 valence electrons. The molecule has 2 unspecified atom stereocenters. The second-order valence-electron chi connectivity index (χ2n) is 5.44. The Balaban J connectivity index is 1.97. The Kier molecular flexibility index (Phi) is 3.80. The van der Waals surface area contributed by atoms with Crippen LogP contribution >= 0.6 is 23.2 Å². The van der Waals surface area contributed by atoms with E-state index in [4.69, 9.17) is 23.2 Å². The van der Waals surface area contributed by atoms with Gasteiger partial charge < -0.3 is 9.88 Å². The molecule has 0 radical (unpaired) electrons. The summed E-state index contributed by atoms with van der Waals surface area (Å²) < 4.78 is 2.00. The number of nitrogens with one attached hydrogen (secondary N) is 1. The zero-order valence-electron chi connectivity index (χ0n) is 11.9. The third-order valence-electron chi connectivity index (χ3n) is 4.23. The van der Waals surface area contributed by atoms with Crippen LogP contribution in [0, 0.1) is 12.8 Å². The molecule has 7 heteroatoms. The Hall–Kier alpha value is -1.33. The summed E-state index contributed by atoms with van der Waals surface area (Å²) in [4.78, 5) is 20.5. The van der Waals surface area contributed by atoms with E-state index < -0.39 is 0 Å². The monoisotopic (exact) mass is 326 g/mol. The molecule has 1 saturated carbocycles. The molecule has 3 rings (SSSR count). The summed E-state index contributed by atoms with van der Waals surface area (Å²) >= 11 is 12.4. The van der Waals surface area contributed by atoms with E-state index in [0.29, 0.717) is 21.3 Å². The van der Waals surface area contributed by atoms with E-state index in [1.165, 1.54) is 0 Å². The van der Waals surface area contributed by atoms with Crippen molar-refractivity contribution < 1.29 is 4.79 Å². The molecular formula is C14H16Cl2N4O. The van der Waals surface area contributed by atoms with Gasteiger partial charge in [-0.05, 0) is 26.2 Å². The number of halogens is 2. The van der Waals surface area contributed by atoms with Gasteiger partial charge in [-0.15, -0.1) is 0 Å². The summed E-state index contributed by atoms with van der Waals surface area (Å²) in [6, 6.07) is 0.208. The zero-order chi connectivity index (χ0) is 15.1. The van der Waals surface area contributed by atoms with E-state index in [9.17, 15) is 4.79 Å². The quantitative estimate of drug-likeness (QED) is 0.862. The lowest BCUT2D eigenvalue weighted by molar-refractivity contribution is -0.124. The molecule has 0 bridgehead atoms. The number of fused-ring (bicyclic) bond motifs is 1. The van der Waals surface area contributed by atoms with Crippen LogP contribution < -0.4 is 5.32 Å². The lowest BCUT2D eigenvalue weighted by Gasteiger charge is -2.13. The van der Waals surface area contributed by atoms with Crippen LogP contribution in [-0.2, 0) is 4.79 Å². The number of hydrogen-bond donors (Lipinski definition) is 1. The van der Waals surface area contributed by atoms with Crippen LogP contribution in [0.2, 0.25) is 10.2 Å². The molecule has 2 aromatic heterocycles. The molecule has 1 aliphatic carbocycles. The smallest absolute Gasteiger partial charge is 0.222 e. The van der Waals surface area contributed by atoms with Gasteiger partial charge in [-0.2, -0.15) is 0 Å². The highest BCUT2D eigenvalue weighted by atomic mass is 35.5. The Labute approximate surface area is 132 Å². The van der Waals surface area contributed by atoms with Gasteiger partial charge in [-0.3, -0.25) is 4.79 Å². The van der Waals surface area contributed by atoms with Crippen LogP contribution in [0.1, 0.15) is 30.9 Å². The van der Waals surface area contributed by atoms with E-state index in [2.05, 4.69) is 15.3 Å². The Morgan fingerprint density at radius 2 is 2.19 bits per heavy atom. The standard InChI is InChI=1S/C14H16Cl2N4O/c1-7-10(15)11-13(19-12(7)16)20(6-18-11)9-4-3-8(5-9)14(21)17-2/h6,8-9H,3-5H2,1-2H3,(H,17,21). The van der Waals surface area contributed by atoms with E-state index >= 15 is 0 Å². The van der Waals surface area contributed by atoms with E-state index in [1.54, 1.807) is 13.4 Å². The van der Waals surface area contributed by atoms with E-state index in [-0.39, 0.29) is 17.9 Å². The summed E-state index contributed by atoms with van der Waals surface area (Å²) in [6.45, 7) is 1.83. The van der Waals surface area contributed by atoms with Crippen molar-refractivity contribution in [3.05, 3.63) is 22.1 Å². The fourth-order valence-electron chi connectivity index (χ4n) is 2.98. The van der Waals surface area contributed by atoms with Crippen molar-refractivity contribution in [3.8, 4) is 0 Å². The van der Waals surface area contributed by atoms with Gasteiger partial charge in [0.15, 0.2) is 5.65 Å². The van der Waals surface area contributed by atoms with Crippen molar-refractivity contribution in [2.75, 3.05) is 7.05 Å². The van der Waals surface area contributed by atoms with Crippen LogP contribution in [0.25, 0.3) is 11.2 Å². The van der Waals surface area contributed by atoms with E-state index in [0.717, 1.165) is 24.8 Å². The lowest BCUT2D eigenvalue weighted by Crippen LogP contribution is -2.25. The average molecular weight is 327 g/mol. The highest BCUT2D eigenvalue weighted by molar-refractivity contribution is 6.38. The first-order valence-electron chi connectivity index (χ1n) is 6.92. The van der Waals surface area contributed by atoms with Crippen molar-refractivity contribution in [1.82, 2.24) is 19.9 Å². The maximum absolute atomic E-state index is 11.8. The molecule has 2 aromatic rings. The first kappa shape index (κ1) is 14.6. The number of aromatic nitrogens is 3. The van der Waals surface area contributed by atoms with Crippen molar-refractivity contribution in [2.24, 2.45) is 5.92 Å². The Morgan fingerprint density at radius 1 is 1.43 bits per heavy atom. The molecule has 0 spiro atoms. The number of carbonyl (C=O) groups excluding carboxylic acids is 1. The molecule has 2 atom stereocenters. The Bertz CT molecular complexity index is 713. The normalized spacial score (nSPS) is 21.9. The number of nitrogens with zero attached hydrogens (tertiary/aromatic N) is 3. The minimum absolute atomic E-state index is 0.0499. The molecular weight excluding hydrogens is 311 g/mol. The summed E-state index contributed by atoms with van der Waals surface area (Å²) in [5.41, 5.74) is 2.10. The average Bonchev–Trinajstić information content (AvgIpc) is 3.10. The molecule has 21 heavy (non-hydrogen) atoms. The van der Waals surface area contributed by atoms with Crippen LogP contribution in [0.5, 0.6) is 0 Å². The summed E-state index contributed by atoms with van der Waals surface area (Å²) in [7, 11) is 1.67. The fourth-order valence-corrected chi connectivity index (χ4v) is 3.43. The van der Waals surface area contributed by atoms with Crippen LogP contribution in [0.4, 0.5) is 0 Å². The predicted octanol–water partition coefficient (Wildman–Crippen LogP) is 3.13. The van der Waals surface area contributed by atoms with Crippen molar-refractivity contribution in [1.29, 1.82) is 0 Å². The molecule has 0 aromatic carbocycles. The van der Waals surface area contributed by atoms with Crippen LogP contribution in [-0.4, -0.2) is 27.5 Å². The molecule has 1 fully saturated rings. The maximum atomic E-state index is 11.8. The van der Waals surface area contributed by atoms with Crippen molar-refractivity contribution >= 4 is 40.3 Å². The molecule has 1 N–H and O–H groups in total. The highest BCUT2D eigenvalue weighted by Gasteiger charge is 2.31. The summed E-state index contributed by atoms with van der Waals surface area (Å²) in [5.74, 6) is 0.149. The summed E-state index contributed by atoms with van der Waals surface area (Å²) in [6.07, 6.45) is 4.33. The number of imidazole rings is 1. The molecule has 1 amide bonds. The zero-order valence-corrected chi connectivity index (χ0v) is 13.4. The third-order valence-corrected chi connectivity index (χ3v) is 5.06. The number of amides is 1. The minimum atomic E-state index is 0.0499. The Morgan fingerprint density at radius 3 is 2.90 bits per heavy atom. The van der Waals surface area contributed by atoms with Crippen molar-refractivity contribution in [2.45, 2.75) is 32.2 Å². The van der Waals surface area contributed by atoms with Gasteiger partial charge in [0, 0.05) is 24.6 Å². The van der Waals surface area contributed by atoms with Crippen LogP contribution in [0.3, 0.4) is 0 Å². The van der Waals surface area contributed by atoms with Gasteiger partial charge in [0.1, 0.15) is 10.7 Å². The second-order valence-corrected chi connectivity index (χ2v) is 6.18. The van der Waals surface area contributed by atoms with Gasteiger partial charge in [-0.1, -0.05) is 23.2 Å². The minimum Gasteiger partial charge on any atom is -0.359 e. The molecule has 0 saturated heterocycles. The maximum Gasteiger partial charge on any atom is 0.222 e. The lowest BCUT2D eigenvalue weighted by atomic mass is 10.1. The predicted molar refractivity (Wildman–Crippen MR) is 82.7 cm³/mol. The SMILES string of the molecule is CNC(=O)C1CCC(n2cnc3c(Cl)c(C)c(Cl)nc32)C1. The second kappa shape index (κ2) is 5.46. The number of hydrogen-bond acceptors (Lipinski definition) is 3. The van der Waals surface area contributed by atoms with E-state index in [1.807, 2.05) is 11.5 Å². The molecule has 5 nitrogen and oxygen atoms in total. The van der Waals surface area contributed by atoms with Gasteiger partial charge in [0.25, 0.3) is 0 Å². The molecule has 0 aliphatic heterocycles. The number of carbonyl (C=O) groups is 1.